The first-order valence-electron chi connectivity index (χ1n) is 9.61. The first kappa shape index (κ1) is 21.0. The van der Waals surface area contributed by atoms with Gasteiger partial charge in [-0.25, -0.2) is 4.98 Å². The molecule has 0 spiro atoms. The van der Waals surface area contributed by atoms with E-state index in [9.17, 15) is 14.4 Å². The molecular formula is C21H26N4O3S. The number of rotatable bonds is 6. The molecule has 3 rings (SSSR count). The summed E-state index contributed by atoms with van der Waals surface area (Å²) in [5, 5.41) is 5.35. The van der Waals surface area contributed by atoms with Crippen molar-refractivity contribution in [2.24, 2.45) is 0 Å². The molecule has 1 aliphatic heterocycles. The highest BCUT2D eigenvalue weighted by atomic mass is 32.1. The fourth-order valence-electron chi connectivity index (χ4n) is 3.50. The van der Waals surface area contributed by atoms with Gasteiger partial charge in [-0.1, -0.05) is 17.7 Å². The van der Waals surface area contributed by atoms with Crippen LogP contribution in [0.1, 0.15) is 35.2 Å². The summed E-state index contributed by atoms with van der Waals surface area (Å²) in [6, 6.07) is 4.03. The largest absolute Gasteiger partial charge is 0.336 e. The summed E-state index contributed by atoms with van der Waals surface area (Å²) in [7, 11) is 1.61. The zero-order valence-corrected chi connectivity index (χ0v) is 18.1. The van der Waals surface area contributed by atoms with E-state index in [2.05, 4.69) is 10.3 Å². The maximum absolute atomic E-state index is 12.5. The van der Waals surface area contributed by atoms with Crippen LogP contribution in [0.4, 0.5) is 10.8 Å². The molecule has 0 aliphatic carbocycles. The van der Waals surface area contributed by atoms with Gasteiger partial charge in [0.15, 0.2) is 5.13 Å². The Hall–Kier alpha value is -2.74. The second-order valence-corrected chi connectivity index (χ2v) is 8.36. The normalized spacial score (nSPS) is 13.7. The monoisotopic (exact) mass is 414 g/mol. The minimum atomic E-state index is -0.238. The van der Waals surface area contributed by atoms with Gasteiger partial charge in [0, 0.05) is 31.1 Å². The van der Waals surface area contributed by atoms with Gasteiger partial charge in [0.2, 0.25) is 17.7 Å². The molecule has 0 unspecified atom stereocenters. The number of likely N-dealkylation sites (N-methyl/N-ethyl adjacent to an activating group) is 1. The van der Waals surface area contributed by atoms with Crippen LogP contribution >= 0.6 is 11.3 Å². The van der Waals surface area contributed by atoms with Crippen molar-refractivity contribution in [2.75, 3.05) is 30.4 Å². The molecule has 0 bridgehead atoms. The molecular weight excluding hydrogens is 388 g/mol. The van der Waals surface area contributed by atoms with Crippen LogP contribution in [-0.2, 0) is 20.8 Å². The second-order valence-electron chi connectivity index (χ2n) is 7.52. The average Bonchev–Trinajstić information content (AvgIpc) is 3.26. The van der Waals surface area contributed by atoms with Crippen molar-refractivity contribution in [1.29, 1.82) is 0 Å². The number of carbonyl (C=O) groups excluding carboxylic acids is 3. The molecule has 0 radical (unpaired) electrons. The molecule has 29 heavy (non-hydrogen) atoms. The number of hydrogen-bond acceptors (Lipinski definition) is 5. The van der Waals surface area contributed by atoms with Gasteiger partial charge in [0.25, 0.3) is 0 Å². The Bertz CT molecular complexity index is 930. The fourth-order valence-corrected chi connectivity index (χ4v) is 4.37. The maximum Gasteiger partial charge on any atom is 0.243 e. The molecule has 2 heterocycles. The first-order valence-corrected chi connectivity index (χ1v) is 10.5. The van der Waals surface area contributed by atoms with Crippen molar-refractivity contribution in [2.45, 2.75) is 40.0 Å². The second kappa shape index (κ2) is 8.73. The van der Waals surface area contributed by atoms with E-state index < -0.39 is 0 Å². The van der Waals surface area contributed by atoms with Gasteiger partial charge in [-0.3, -0.25) is 19.3 Å². The lowest BCUT2D eigenvalue weighted by atomic mass is 10.1. The van der Waals surface area contributed by atoms with Crippen molar-refractivity contribution >= 4 is 39.9 Å². The predicted octanol–water partition coefficient (Wildman–Crippen LogP) is 2.83. The number of amides is 3. The number of aryl methyl sites for hydroxylation is 3. The smallest absolute Gasteiger partial charge is 0.243 e. The number of aromatic nitrogens is 1. The lowest BCUT2D eigenvalue weighted by Crippen LogP contribution is -2.36. The van der Waals surface area contributed by atoms with Crippen LogP contribution in [0.5, 0.6) is 0 Å². The Kier molecular flexibility index (Phi) is 6.32. The summed E-state index contributed by atoms with van der Waals surface area (Å²) in [6.07, 6.45) is 1.49. The number of nitrogens with one attached hydrogen (secondary N) is 1. The Balaban J connectivity index is 1.56. The van der Waals surface area contributed by atoms with E-state index in [0.29, 0.717) is 23.8 Å². The Morgan fingerprint density at radius 3 is 2.55 bits per heavy atom. The molecule has 0 atom stereocenters. The van der Waals surface area contributed by atoms with Gasteiger partial charge in [-0.15, -0.1) is 11.3 Å². The Morgan fingerprint density at radius 2 is 1.93 bits per heavy atom. The third-order valence-corrected chi connectivity index (χ3v) is 5.84. The van der Waals surface area contributed by atoms with Gasteiger partial charge in [0.05, 0.1) is 18.7 Å². The van der Waals surface area contributed by atoms with E-state index in [1.54, 1.807) is 17.3 Å². The third-order valence-electron chi connectivity index (χ3n) is 4.92. The van der Waals surface area contributed by atoms with Crippen LogP contribution in [0.3, 0.4) is 0 Å². The number of benzene rings is 1. The standard InChI is InChI=1S/C21H26N4O3S/c1-13-8-14(2)20(15(3)9-13)23-17(26)11-24(4)19(28)10-16-12-29-21(22-16)25-7-5-6-18(25)27/h8-9,12H,5-7,10-11H2,1-4H3,(H,23,26). The molecule has 3 amide bonds. The molecule has 1 saturated heterocycles. The molecule has 1 aliphatic rings. The zero-order valence-electron chi connectivity index (χ0n) is 17.2. The van der Waals surface area contributed by atoms with E-state index in [0.717, 1.165) is 28.8 Å². The number of nitrogens with zero attached hydrogens (tertiary/aromatic N) is 3. The number of hydrogen-bond donors (Lipinski definition) is 1. The number of anilines is 2. The topological polar surface area (TPSA) is 82.6 Å². The van der Waals surface area contributed by atoms with E-state index in [1.165, 1.54) is 16.2 Å². The molecule has 1 fully saturated rings. The highest BCUT2D eigenvalue weighted by Crippen LogP contribution is 2.25. The third kappa shape index (κ3) is 5.00. The molecule has 2 aromatic rings. The van der Waals surface area contributed by atoms with Crippen LogP contribution in [0.2, 0.25) is 0 Å². The predicted molar refractivity (Wildman–Crippen MR) is 114 cm³/mol. The van der Waals surface area contributed by atoms with Gasteiger partial charge >= 0.3 is 0 Å². The molecule has 1 N–H and O–H groups in total. The van der Waals surface area contributed by atoms with E-state index >= 15 is 0 Å². The van der Waals surface area contributed by atoms with Gasteiger partial charge in [-0.2, -0.15) is 0 Å². The van der Waals surface area contributed by atoms with E-state index in [-0.39, 0.29) is 30.7 Å². The summed E-state index contributed by atoms with van der Waals surface area (Å²) in [6.45, 7) is 6.57. The molecule has 8 heteroatoms. The number of thiazole rings is 1. The molecule has 1 aromatic heterocycles. The van der Waals surface area contributed by atoms with E-state index in [4.69, 9.17) is 0 Å². The van der Waals surface area contributed by atoms with Crippen molar-refractivity contribution in [3.8, 4) is 0 Å². The minimum absolute atomic E-state index is 0.0345. The lowest BCUT2D eigenvalue weighted by molar-refractivity contribution is -0.132. The summed E-state index contributed by atoms with van der Waals surface area (Å²) < 4.78 is 0. The minimum Gasteiger partial charge on any atom is -0.336 e. The van der Waals surface area contributed by atoms with Crippen LogP contribution < -0.4 is 10.2 Å². The highest BCUT2D eigenvalue weighted by molar-refractivity contribution is 7.14. The molecule has 0 saturated carbocycles. The summed E-state index contributed by atoms with van der Waals surface area (Å²) in [5.74, 6) is -0.354. The SMILES string of the molecule is Cc1cc(C)c(NC(=O)CN(C)C(=O)Cc2csc(N3CCCC3=O)n2)c(C)c1. The quantitative estimate of drug-likeness (QED) is 0.788. The van der Waals surface area contributed by atoms with Crippen molar-refractivity contribution in [1.82, 2.24) is 9.88 Å². The zero-order chi connectivity index (χ0) is 21.1. The average molecular weight is 415 g/mol. The summed E-state index contributed by atoms with van der Waals surface area (Å²) in [5.41, 5.74) is 4.55. The maximum atomic E-state index is 12.5. The summed E-state index contributed by atoms with van der Waals surface area (Å²) >= 11 is 1.37. The van der Waals surface area contributed by atoms with Crippen molar-refractivity contribution in [3.05, 3.63) is 39.9 Å². The van der Waals surface area contributed by atoms with E-state index in [1.807, 2.05) is 32.9 Å². The van der Waals surface area contributed by atoms with Gasteiger partial charge < -0.3 is 10.2 Å². The van der Waals surface area contributed by atoms with Crippen molar-refractivity contribution < 1.29 is 14.4 Å². The van der Waals surface area contributed by atoms with Gasteiger partial charge in [-0.05, 0) is 38.3 Å². The Labute approximate surface area is 174 Å². The van der Waals surface area contributed by atoms with Gasteiger partial charge in [0.1, 0.15) is 0 Å². The van der Waals surface area contributed by atoms with Crippen LogP contribution in [-0.4, -0.2) is 47.7 Å². The molecule has 154 valence electrons. The van der Waals surface area contributed by atoms with Crippen LogP contribution in [0.15, 0.2) is 17.5 Å². The first-order chi connectivity index (χ1) is 13.7. The lowest BCUT2D eigenvalue weighted by Gasteiger charge is -2.18. The fraction of sp³-hybridized carbons (Fsp3) is 0.429. The van der Waals surface area contributed by atoms with Crippen LogP contribution in [0, 0.1) is 20.8 Å². The molecule has 7 nitrogen and oxygen atoms in total. The van der Waals surface area contributed by atoms with Crippen LogP contribution in [0.25, 0.3) is 0 Å². The highest BCUT2D eigenvalue weighted by Gasteiger charge is 2.25. The molecule has 1 aromatic carbocycles. The summed E-state index contributed by atoms with van der Waals surface area (Å²) in [4.78, 5) is 44.2. The van der Waals surface area contributed by atoms with Crippen molar-refractivity contribution in [3.63, 3.8) is 0 Å². The Morgan fingerprint density at radius 1 is 1.24 bits per heavy atom. The number of carbonyl (C=O) groups is 3.